The normalized spacial score (nSPS) is 17.0. The van der Waals surface area contributed by atoms with Gasteiger partial charge in [0, 0.05) is 0 Å². The Kier molecular flexibility index (Phi) is 13.0. The van der Waals surface area contributed by atoms with E-state index in [4.69, 9.17) is 14.2 Å². The minimum atomic E-state index is -3.98. The molecule has 3 rings (SSSR count). The van der Waals surface area contributed by atoms with Crippen LogP contribution in [0.1, 0.15) is 80.1 Å². The van der Waals surface area contributed by atoms with E-state index < -0.39 is 66.7 Å². The van der Waals surface area contributed by atoms with Crippen LogP contribution in [-0.4, -0.2) is 77.1 Å². The van der Waals surface area contributed by atoms with Crippen LogP contribution in [0, 0.1) is 11.8 Å². The number of benzene rings is 1. The Bertz CT molecular complexity index is 1210. The number of carbonyl (C=O) groups excluding carboxylic acids is 3. The van der Waals surface area contributed by atoms with Crippen molar-refractivity contribution in [3.8, 4) is 0 Å². The summed E-state index contributed by atoms with van der Waals surface area (Å²) in [6.07, 6.45) is 8.74. The maximum atomic E-state index is 12.9. The average molecular weight is 627 g/mol. The van der Waals surface area contributed by atoms with Crippen molar-refractivity contribution in [2.24, 2.45) is 11.8 Å². The lowest BCUT2D eigenvalue weighted by Crippen LogP contribution is -2.36. The standard InChI is InChI=1S/C30H42O10S2/c1-2-23-13-15-26(16-14-23)30(33)40-27(21-41(34,35)19-17-38-28(31)24-9-5-3-6-10-24)22-42(36,37)20-18-39-29(32)25-11-7-4-8-12-25/h2,13-16,24-25,27H,1,3-12,17-22H2. The summed E-state index contributed by atoms with van der Waals surface area (Å²) in [7, 11) is -7.97. The van der Waals surface area contributed by atoms with Crippen LogP contribution in [0.4, 0.5) is 0 Å². The van der Waals surface area contributed by atoms with Crippen LogP contribution in [0.15, 0.2) is 30.8 Å². The monoisotopic (exact) mass is 626 g/mol. The topological polar surface area (TPSA) is 147 Å². The smallest absolute Gasteiger partial charge is 0.338 e. The van der Waals surface area contributed by atoms with Crippen LogP contribution in [0.5, 0.6) is 0 Å². The molecule has 0 N–H and O–H groups in total. The molecule has 2 saturated carbocycles. The third-order valence-corrected chi connectivity index (χ3v) is 11.0. The molecule has 0 unspecified atom stereocenters. The summed E-state index contributed by atoms with van der Waals surface area (Å²) in [6.45, 7) is 2.91. The van der Waals surface area contributed by atoms with Crippen molar-refractivity contribution in [1.29, 1.82) is 0 Å². The maximum absolute atomic E-state index is 12.9. The summed E-state index contributed by atoms with van der Waals surface area (Å²) in [5, 5.41) is 0. The lowest BCUT2D eigenvalue weighted by atomic mass is 9.89. The molecule has 0 atom stereocenters. The number of rotatable bonds is 15. The fraction of sp³-hybridized carbons (Fsp3) is 0.633. The molecular formula is C30H42O10S2. The van der Waals surface area contributed by atoms with E-state index in [1.807, 2.05) is 0 Å². The van der Waals surface area contributed by atoms with Gasteiger partial charge in [-0.1, -0.05) is 63.3 Å². The van der Waals surface area contributed by atoms with Crippen LogP contribution in [0.25, 0.3) is 6.08 Å². The molecule has 10 nitrogen and oxygen atoms in total. The Morgan fingerprint density at radius 1 is 0.738 bits per heavy atom. The van der Waals surface area contributed by atoms with Gasteiger partial charge in [0.2, 0.25) is 0 Å². The molecule has 0 aromatic heterocycles. The second kappa shape index (κ2) is 16.2. The Labute approximate surface area is 249 Å². The maximum Gasteiger partial charge on any atom is 0.338 e. The summed E-state index contributed by atoms with van der Waals surface area (Å²) in [6, 6.07) is 6.17. The van der Waals surface area contributed by atoms with Crippen LogP contribution in [-0.2, 0) is 43.5 Å². The fourth-order valence-electron chi connectivity index (χ4n) is 5.27. The molecular weight excluding hydrogens is 584 g/mol. The number of carbonyl (C=O) groups is 3. The van der Waals surface area contributed by atoms with Crippen molar-refractivity contribution in [2.75, 3.05) is 36.2 Å². The third kappa shape index (κ3) is 11.5. The van der Waals surface area contributed by atoms with Crippen LogP contribution >= 0.6 is 0 Å². The van der Waals surface area contributed by atoms with E-state index in [1.54, 1.807) is 18.2 Å². The molecule has 0 spiro atoms. The summed E-state index contributed by atoms with van der Waals surface area (Å²) >= 11 is 0. The molecule has 1 aromatic rings. The van der Waals surface area contributed by atoms with Crippen LogP contribution < -0.4 is 0 Å². The molecule has 0 heterocycles. The van der Waals surface area contributed by atoms with Gasteiger partial charge in [-0.3, -0.25) is 9.59 Å². The van der Waals surface area contributed by atoms with Gasteiger partial charge in [-0.05, 0) is 43.4 Å². The van der Waals surface area contributed by atoms with E-state index in [-0.39, 0.29) is 30.6 Å². The highest BCUT2D eigenvalue weighted by molar-refractivity contribution is 7.92. The van der Waals surface area contributed by atoms with Gasteiger partial charge in [0.05, 0.1) is 40.4 Å². The third-order valence-electron chi connectivity index (χ3n) is 7.69. The molecule has 2 fully saturated rings. The number of sulfone groups is 2. The minimum absolute atomic E-state index is 0.114. The highest BCUT2D eigenvalue weighted by atomic mass is 32.2. The number of esters is 3. The van der Waals surface area contributed by atoms with Crippen molar-refractivity contribution in [2.45, 2.75) is 70.3 Å². The fourth-order valence-corrected chi connectivity index (χ4v) is 7.94. The predicted octanol–water partition coefficient (Wildman–Crippen LogP) is 3.93. The molecule has 1 aromatic carbocycles. The first-order valence-electron chi connectivity index (χ1n) is 14.7. The van der Waals surface area contributed by atoms with Gasteiger partial charge in [-0.2, -0.15) is 0 Å². The second-order valence-electron chi connectivity index (χ2n) is 11.1. The molecule has 0 amide bonds. The second-order valence-corrected chi connectivity index (χ2v) is 15.5. The first-order chi connectivity index (χ1) is 20.0. The zero-order valence-corrected chi connectivity index (χ0v) is 25.7. The summed E-state index contributed by atoms with van der Waals surface area (Å²) in [5.41, 5.74) is 0.863. The number of hydrogen-bond acceptors (Lipinski definition) is 10. The Balaban J connectivity index is 1.60. The van der Waals surface area contributed by atoms with E-state index in [0.717, 1.165) is 44.1 Å². The Hall–Kier alpha value is -2.73. The van der Waals surface area contributed by atoms with Crippen molar-refractivity contribution >= 4 is 43.7 Å². The van der Waals surface area contributed by atoms with Gasteiger partial charge in [-0.25, -0.2) is 21.6 Å². The molecule has 0 bridgehead atoms. The van der Waals surface area contributed by atoms with E-state index in [1.165, 1.54) is 12.1 Å². The summed E-state index contributed by atoms with van der Waals surface area (Å²) in [5.74, 6) is -4.83. The van der Waals surface area contributed by atoms with Gasteiger partial charge in [0.15, 0.2) is 19.7 Å². The molecule has 2 aliphatic carbocycles. The van der Waals surface area contributed by atoms with Gasteiger partial charge in [0.1, 0.15) is 19.3 Å². The van der Waals surface area contributed by atoms with E-state index in [2.05, 4.69) is 6.58 Å². The SMILES string of the molecule is C=Cc1ccc(C(=O)OC(CS(=O)(=O)CCOC(=O)C2CCCCC2)CS(=O)(=O)CCOC(=O)C2CCCCC2)cc1. The number of ether oxygens (including phenoxy) is 3. The number of hydrogen-bond donors (Lipinski definition) is 0. The van der Waals surface area contributed by atoms with Crippen molar-refractivity contribution in [3.63, 3.8) is 0 Å². The first-order valence-corrected chi connectivity index (χ1v) is 18.3. The van der Waals surface area contributed by atoms with Crippen molar-refractivity contribution in [1.82, 2.24) is 0 Å². The predicted molar refractivity (Wildman–Crippen MR) is 158 cm³/mol. The van der Waals surface area contributed by atoms with Gasteiger partial charge in [-0.15, -0.1) is 0 Å². The molecule has 0 saturated heterocycles. The van der Waals surface area contributed by atoms with Crippen molar-refractivity contribution < 1.29 is 45.4 Å². The van der Waals surface area contributed by atoms with E-state index in [0.29, 0.717) is 25.7 Å². The van der Waals surface area contributed by atoms with Gasteiger partial charge in [0.25, 0.3) is 0 Å². The molecule has 42 heavy (non-hydrogen) atoms. The quantitative estimate of drug-likeness (QED) is 0.207. The lowest BCUT2D eigenvalue weighted by molar-refractivity contribution is -0.149. The van der Waals surface area contributed by atoms with Crippen LogP contribution in [0.2, 0.25) is 0 Å². The Morgan fingerprint density at radius 2 is 1.17 bits per heavy atom. The summed E-state index contributed by atoms with van der Waals surface area (Å²) in [4.78, 5) is 37.4. The zero-order chi connectivity index (χ0) is 30.6. The van der Waals surface area contributed by atoms with E-state index >= 15 is 0 Å². The average Bonchev–Trinajstić information content (AvgIpc) is 2.97. The highest BCUT2D eigenvalue weighted by Gasteiger charge is 2.30. The molecule has 12 heteroatoms. The lowest BCUT2D eigenvalue weighted by Gasteiger charge is -2.21. The van der Waals surface area contributed by atoms with E-state index in [9.17, 15) is 31.2 Å². The highest BCUT2D eigenvalue weighted by Crippen LogP contribution is 2.25. The summed E-state index contributed by atoms with van der Waals surface area (Å²) < 4.78 is 67.4. The van der Waals surface area contributed by atoms with Gasteiger partial charge >= 0.3 is 17.9 Å². The zero-order valence-electron chi connectivity index (χ0n) is 24.0. The largest absolute Gasteiger partial charge is 0.464 e. The van der Waals surface area contributed by atoms with Crippen LogP contribution in [0.3, 0.4) is 0 Å². The van der Waals surface area contributed by atoms with Crippen molar-refractivity contribution in [3.05, 3.63) is 42.0 Å². The molecule has 0 radical (unpaired) electrons. The van der Waals surface area contributed by atoms with Gasteiger partial charge < -0.3 is 14.2 Å². The Morgan fingerprint density at radius 3 is 1.57 bits per heavy atom. The first kappa shape index (κ1) is 33.8. The molecule has 2 aliphatic rings. The molecule has 0 aliphatic heterocycles. The molecule has 234 valence electrons. The minimum Gasteiger partial charge on any atom is -0.464 e.